The van der Waals surface area contributed by atoms with Gasteiger partial charge in [0.25, 0.3) is 5.91 Å². The molecule has 0 radical (unpaired) electrons. The van der Waals surface area contributed by atoms with E-state index in [1.807, 2.05) is 5.43 Å². The lowest BCUT2D eigenvalue weighted by atomic mass is 10.1. The number of methoxy groups -OCH3 is 1. The Morgan fingerprint density at radius 3 is 2.65 bits per heavy atom. The summed E-state index contributed by atoms with van der Waals surface area (Å²) in [5.41, 5.74) is 7.81. The molecule has 5 N–H and O–H groups in total. The van der Waals surface area contributed by atoms with E-state index in [1.165, 1.54) is 19.3 Å². The van der Waals surface area contributed by atoms with Gasteiger partial charge in [-0.1, -0.05) is 6.07 Å². The summed E-state index contributed by atoms with van der Waals surface area (Å²) in [6, 6.07) is 4.81. The zero-order chi connectivity index (χ0) is 12.8. The first kappa shape index (κ1) is 12.7. The number of ether oxygens (including phenoxy) is 1. The molecule has 6 heteroatoms. The van der Waals surface area contributed by atoms with Crippen molar-refractivity contribution in [2.75, 3.05) is 7.11 Å². The Labute approximate surface area is 98.2 Å². The third-order valence-electron chi connectivity index (χ3n) is 2.06. The van der Waals surface area contributed by atoms with Gasteiger partial charge in [-0.3, -0.25) is 15.0 Å². The van der Waals surface area contributed by atoms with Crippen molar-refractivity contribution in [2.24, 2.45) is 11.6 Å². The Bertz CT molecular complexity index is 469. The van der Waals surface area contributed by atoms with Gasteiger partial charge in [-0.2, -0.15) is 0 Å². The van der Waals surface area contributed by atoms with Gasteiger partial charge in [0.05, 0.1) is 12.7 Å². The van der Waals surface area contributed by atoms with Crippen LogP contribution in [0.25, 0.3) is 6.08 Å². The maximum Gasteiger partial charge on any atom is 0.265 e. The van der Waals surface area contributed by atoms with Crippen LogP contribution in [-0.2, 0) is 4.79 Å². The van der Waals surface area contributed by atoms with Crippen LogP contribution in [0.5, 0.6) is 5.75 Å². The lowest BCUT2D eigenvalue weighted by Crippen LogP contribution is -2.30. The zero-order valence-electron chi connectivity index (χ0n) is 9.27. The normalized spacial score (nSPS) is 10.2. The van der Waals surface area contributed by atoms with Crippen molar-refractivity contribution >= 4 is 17.9 Å². The highest BCUT2D eigenvalue weighted by molar-refractivity contribution is 5.99. The van der Waals surface area contributed by atoms with Crippen molar-refractivity contribution < 1.29 is 14.3 Å². The second kappa shape index (κ2) is 5.66. The average Bonchev–Trinajstić information content (AvgIpc) is 2.35. The molecule has 90 valence electrons. The predicted octanol–water partition coefficient (Wildman–Crippen LogP) is -0.203. The van der Waals surface area contributed by atoms with Crippen LogP contribution < -0.4 is 21.7 Å². The number of benzene rings is 1. The van der Waals surface area contributed by atoms with E-state index in [2.05, 4.69) is 0 Å². The number of hydrazine groups is 1. The first-order valence-electron chi connectivity index (χ1n) is 4.75. The monoisotopic (exact) mass is 235 g/mol. The van der Waals surface area contributed by atoms with Crippen molar-refractivity contribution in [1.29, 1.82) is 0 Å². The first-order valence-corrected chi connectivity index (χ1v) is 4.75. The molecule has 6 nitrogen and oxygen atoms in total. The van der Waals surface area contributed by atoms with Gasteiger partial charge in [-0.15, -0.1) is 0 Å². The van der Waals surface area contributed by atoms with Gasteiger partial charge in [-0.05, 0) is 23.8 Å². The molecular weight excluding hydrogens is 222 g/mol. The molecule has 0 bridgehead atoms. The van der Waals surface area contributed by atoms with Crippen LogP contribution in [-0.4, -0.2) is 18.9 Å². The van der Waals surface area contributed by atoms with Crippen LogP contribution in [0.15, 0.2) is 24.3 Å². The summed E-state index contributed by atoms with van der Waals surface area (Å²) >= 11 is 0. The minimum atomic E-state index is -0.597. The van der Waals surface area contributed by atoms with Gasteiger partial charge in [0.1, 0.15) is 5.75 Å². The Morgan fingerprint density at radius 1 is 1.41 bits per heavy atom. The lowest BCUT2D eigenvalue weighted by Gasteiger charge is -2.07. The predicted molar refractivity (Wildman–Crippen MR) is 62.9 cm³/mol. The van der Waals surface area contributed by atoms with E-state index in [0.29, 0.717) is 16.9 Å². The van der Waals surface area contributed by atoms with Crippen LogP contribution in [0.2, 0.25) is 0 Å². The second-order valence-electron chi connectivity index (χ2n) is 3.16. The molecule has 0 aliphatic carbocycles. The van der Waals surface area contributed by atoms with E-state index in [1.54, 1.807) is 12.1 Å². The van der Waals surface area contributed by atoms with Gasteiger partial charge in [0.2, 0.25) is 5.91 Å². The molecule has 0 atom stereocenters. The zero-order valence-corrected chi connectivity index (χ0v) is 9.27. The van der Waals surface area contributed by atoms with Crippen LogP contribution in [0, 0.1) is 0 Å². The van der Waals surface area contributed by atoms with E-state index in [0.717, 1.165) is 6.08 Å². The quantitative estimate of drug-likeness (QED) is 0.290. The molecule has 1 aromatic rings. The van der Waals surface area contributed by atoms with Gasteiger partial charge >= 0.3 is 0 Å². The summed E-state index contributed by atoms with van der Waals surface area (Å²) in [5, 5.41) is 0. The fourth-order valence-electron chi connectivity index (χ4n) is 1.25. The average molecular weight is 235 g/mol. The lowest BCUT2D eigenvalue weighted by molar-refractivity contribution is -0.113. The number of hydrogen-bond donors (Lipinski definition) is 3. The number of carbonyl (C=O) groups is 2. The molecule has 0 aliphatic heterocycles. The molecule has 0 saturated heterocycles. The number of rotatable bonds is 4. The molecule has 0 heterocycles. The largest absolute Gasteiger partial charge is 0.497 e. The highest BCUT2D eigenvalue weighted by Crippen LogP contribution is 2.18. The number of nitrogens with one attached hydrogen (secondary N) is 1. The molecule has 17 heavy (non-hydrogen) atoms. The minimum absolute atomic E-state index is 0.296. The molecule has 0 fully saturated rings. The Kier molecular flexibility index (Phi) is 4.24. The van der Waals surface area contributed by atoms with Crippen LogP contribution >= 0.6 is 0 Å². The molecule has 0 spiro atoms. The highest BCUT2D eigenvalue weighted by Gasteiger charge is 2.09. The molecule has 0 aliphatic rings. The summed E-state index contributed by atoms with van der Waals surface area (Å²) in [5.74, 6) is 4.50. The van der Waals surface area contributed by atoms with E-state index in [9.17, 15) is 9.59 Å². The van der Waals surface area contributed by atoms with Crippen molar-refractivity contribution in [3.05, 3.63) is 35.4 Å². The van der Waals surface area contributed by atoms with E-state index in [4.69, 9.17) is 16.3 Å². The SMILES string of the molecule is COc1ccc(C=CC(N)=O)c(C(=O)NN)c1. The van der Waals surface area contributed by atoms with E-state index < -0.39 is 11.8 Å². The summed E-state index contributed by atoms with van der Waals surface area (Å²) in [6.07, 6.45) is 2.60. The standard InChI is InChI=1S/C11H13N3O3/c1-17-8-4-2-7(3-5-10(12)15)9(6-8)11(16)14-13/h2-6H,13H2,1H3,(H2,12,15)(H,14,16). The maximum atomic E-state index is 11.5. The molecule has 0 aromatic heterocycles. The summed E-state index contributed by atoms with van der Waals surface area (Å²) in [7, 11) is 1.48. The fourth-order valence-corrected chi connectivity index (χ4v) is 1.25. The van der Waals surface area contributed by atoms with Gasteiger partial charge in [0.15, 0.2) is 0 Å². The fraction of sp³-hybridized carbons (Fsp3) is 0.0909. The number of primary amides is 1. The third-order valence-corrected chi connectivity index (χ3v) is 2.06. The highest BCUT2D eigenvalue weighted by atomic mass is 16.5. The van der Waals surface area contributed by atoms with Gasteiger partial charge in [-0.25, -0.2) is 5.84 Å². The Hall–Kier alpha value is -2.34. The molecule has 1 rings (SSSR count). The maximum absolute atomic E-state index is 11.5. The molecular formula is C11H13N3O3. The molecule has 0 unspecified atom stereocenters. The number of carbonyl (C=O) groups excluding carboxylic acids is 2. The second-order valence-corrected chi connectivity index (χ2v) is 3.16. The first-order chi connectivity index (χ1) is 8.08. The smallest absolute Gasteiger partial charge is 0.265 e. The van der Waals surface area contributed by atoms with Crippen LogP contribution in [0.3, 0.4) is 0 Å². The van der Waals surface area contributed by atoms with Crippen LogP contribution in [0.1, 0.15) is 15.9 Å². The van der Waals surface area contributed by atoms with Crippen molar-refractivity contribution in [3.63, 3.8) is 0 Å². The summed E-state index contributed by atoms with van der Waals surface area (Å²) in [6.45, 7) is 0. The van der Waals surface area contributed by atoms with Gasteiger partial charge in [0, 0.05) is 6.08 Å². The summed E-state index contributed by atoms with van der Waals surface area (Å²) in [4.78, 5) is 22.1. The van der Waals surface area contributed by atoms with Crippen molar-refractivity contribution in [3.8, 4) is 5.75 Å². The Balaban J connectivity index is 3.19. The molecule has 1 aromatic carbocycles. The van der Waals surface area contributed by atoms with Crippen LogP contribution in [0.4, 0.5) is 0 Å². The van der Waals surface area contributed by atoms with Crippen molar-refractivity contribution in [2.45, 2.75) is 0 Å². The van der Waals surface area contributed by atoms with Gasteiger partial charge < -0.3 is 10.5 Å². The summed E-state index contributed by atoms with van der Waals surface area (Å²) < 4.78 is 4.99. The number of hydrogen-bond acceptors (Lipinski definition) is 4. The topological polar surface area (TPSA) is 107 Å². The third kappa shape index (κ3) is 3.32. The van der Waals surface area contributed by atoms with Crippen molar-refractivity contribution in [1.82, 2.24) is 5.43 Å². The number of nitrogen functional groups attached to an aromatic ring is 1. The van der Waals surface area contributed by atoms with E-state index >= 15 is 0 Å². The Morgan fingerprint density at radius 2 is 2.12 bits per heavy atom. The van der Waals surface area contributed by atoms with E-state index in [-0.39, 0.29) is 0 Å². The number of amides is 2. The molecule has 0 saturated carbocycles. The number of nitrogens with two attached hydrogens (primary N) is 2. The minimum Gasteiger partial charge on any atom is -0.497 e. The molecule has 2 amide bonds.